The van der Waals surface area contributed by atoms with E-state index in [0.29, 0.717) is 5.89 Å². The molecule has 0 aliphatic heterocycles. The number of oxazole rings is 1. The normalized spacial score (nSPS) is 10.5. The van der Waals surface area contributed by atoms with Gasteiger partial charge in [-0.3, -0.25) is 0 Å². The molecule has 0 aliphatic carbocycles. The standard InChI is InChI=1S/C16H13NOS/c1-3-7-13(8-4-1)12-19-15-11-18-16(17-15)14-9-5-2-6-10-14/h1-11H,12H2. The molecule has 0 atom stereocenters. The second-order valence-corrected chi connectivity index (χ2v) is 5.13. The van der Waals surface area contributed by atoms with E-state index in [1.807, 2.05) is 48.5 Å². The van der Waals surface area contributed by atoms with Crippen LogP contribution in [0.4, 0.5) is 0 Å². The van der Waals surface area contributed by atoms with Crippen LogP contribution < -0.4 is 0 Å². The van der Waals surface area contributed by atoms with Crippen LogP contribution in [0, 0.1) is 0 Å². The molecule has 19 heavy (non-hydrogen) atoms. The van der Waals surface area contributed by atoms with Gasteiger partial charge in [-0.15, -0.1) is 0 Å². The zero-order valence-electron chi connectivity index (χ0n) is 10.3. The fraction of sp³-hybridized carbons (Fsp3) is 0.0625. The number of aromatic nitrogens is 1. The van der Waals surface area contributed by atoms with E-state index in [1.165, 1.54) is 5.56 Å². The molecule has 1 heterocycles. The lowest BCUT2D eigenvalue weighted by molar-refractivity contribution is 0.571. The lowest BCUT2D eigenvalue weighted by Gasteiger charge is -1.97. The molecular weight excluding hydrogens is 254 g/mol. The number of hydrogen-bond acceptors (Lipinski definition) is 3. The van der Waals surface area contributed by atoms with Gasteiger partial charge in [0.25, 0.3) is 0 Å². The van der Waals surface area contributed by atoms with E-state index in [1.54, 1.807) is 18.0 Å². The van der Waals surface area contributed by atoms with Gasteiger partial charge < -0.3 is 4.42 Å². The summed E-state index contributed by atoms with van der Waals surface area (Å²) in [5.74, 6) is 1.58. The molecule has 1 aromatic heterocycles. The Morgan fingerprint density at radius 2 is 1.58 bits per heavy atom. The Balaban J connectivity index is 1.69. The maximum absolute atomic E-state index is 5.51. The van der Waals surface area contributed by atoms with Gasteiger partial charge >= 0.3 is 0 Å². The van der Waals surface area contributed by atoms with E-state index < -0.39 is 0 Å². The van der Waals surface area contributed by atoms with Crippen molar-refractivity contribution in [3.63, 3.8) is 0 Å². The first-order chi connectivity index (χ1) is 9.42. The molecule has 0 bridgehead atoms. The summed E-state index contributed by atoms with van der Waals surface area (Å²) >= 11 is 1.68. The number of nitrogens with zero attached hydrogens (tertiary/aromatic N) is 1. The molecule has 3 aromatic rings. The van der Waals surface area contributed by atoms with E-state index >= 15 is 0 Å². The third-order valence-corrected chi connectivity index (χ3v) is 3.69. The summed E-state index contributed by atoms with van der Waals surface area (Å²) in [6.45, 7) is 0. The van der Waals surface area contributed by atoms with Crippen LogP contribution in [0.25, 0.3) is 11.5 Å². The summed E-state index contributed by atoms with van der Waals surface area (Å²) in [7, 11) is 0. The molecule has 0 radical (unpaired) electrons. The minimum Gasteiger partial charge on any atom is -0.443 e. The second kappa shape index (κ2) is 5.76. The van der Waals surface area contributed by atoms with E-state index in [0.717, 1.165) is 16.3 Å². The summed E-state index contributed by atoms with van der Waals surface area (Å²) in [5, 5.41) is 0.919. The van der Waals surface area contributed by atoms with Gasteiger partial charge in [0.2, 0.25) is 5.89 Å². The van der Waals surface area contributed by atoms with Crippen molar-refractivity contribution in [3.8, 4) is 11.5 Å². The van der Waals surface area contributed by atoms with Crippen molar-refractivity contribution in [1.82, 2.24) is 4.98 Å². The molecule has 3 heteroatoms. The third kappa shape index (κ3) is 3.06. The molecule has 0 fully saturated rings. The fourth-order valence-electron chi connectivity index (χ4n) is 1.77. The van der Waals surface area contributed by atoms with E-state index in [4.69, 9.17) is 4.42 Å². The summed E-state index contributed by atoms with van der Waals surface area (Å²) in [4.78, 5) is 4.49. The van der Waals surface area contributed by atoms with E-state index in [9.17, 15) is 0 Å². The Bertz CT molecular complexity index is 634. The average molecular weight is 267 g/mol. The highest BCUT2D eigenvalue weighted by molar-refractivity contribution is 7.98. The molecular formula is C16H13NOS. The van der Waals surface area contributed by atoms with Crippen LogP contribution in [0.5, 0.6) is 0 Å². The highest BCUT2D eigenvalue weighted by Gasteiger charge is 2.06. The van der Waals surface area contributed by atoms with Crippen molar-refractivity contribution in [2.24, 2.45) is 0 Å². The fourth-order valence-corrected chi connectivity index (χ4v) is 2.54. The SMILES string of the molecule is c1ccc(CSc2coc(-c3ccccc3)n2)cc1. The molecule has 3 rings (SSSR count). The highest BCUT2D eigenvalue weighted by Crippen LogP contribution is 2.26. The summed E-state index contributed by atoms with van der Waals surface area (Å²) in [6, 6.07) is 20.3. The summed E-state index contributed by atoms with van der Waals surface area (Å²) < 4.78 is 5.51. The van der Waals surface area contributed by atoms with Crippen molar-refractivity contribution in [2.45, 2.75) is 10.8 Å². The first-order valence-electron chi connectivity index (χ1n) is 6.09. The molecule has 2 nitrogen and oxygen atoms in total. The van der Waals surface area contributed by atoms with Gasteiger partial charge in [0.15, 0.2) is 0 Å². The molecule has 0 saturated heterocycles. The van der Waals surface area contributed by atoms with Crippen LogP contribution in [0.2, 0.25) is 0 Å². The molecule has 0 spiro atoms. The van der Waals surface area contributed by atoms with Crippen LogP contribution in [-0.2, 0) is 5.75 Å². The Morgan fingerprint density at radius 3 is 2.32 bits per heavy atom. The van der Waals surface area contributed by atoms with Gasteiger partial charge in [-0.1, -0.05) is 60.3 Å². The predicted octanol–water partition coefficient (Wildman–Crippen LogP) is 4.63. The zero-order valence-corrected chi connectivity index (χ0v) is 11.1. The first-order valence-corrected chi connectivity index (χ1v) is 7.08. The maximum Gasteiger partial charge on any atom is 0.227 e. The second-order valence-electron chi connectivity index (χ2n) is 4.13. The van der Waals surface area contributed by atoms with Gasteiger partial charge in [-0.05, 0) is 17.7 Å². The number of hydrogen-bond donors (Lipinski definition) is 0. The summed E-state index contributed by atoms with van der Waals surface area (Å²) in [6.07, 6.45) is 1.72. The molecule has 0 amide bonds. The first kappa shape index (κ1) is 12.1. The molecule has 0 N–H and O–H groups in total. The monoisotopic (exact) mass is 267 g/mol. The largest absolute Gasteiger partial charge is 0.443 e. The molecule has 94 valence electrons. The minimum absolute atomic E-state index is 0.677. The third-order valence-electron chi connectivity index (χ3n) is 2.73. The Kier molecular flexibility index (Phi) is 3.65. The van der Waals surface area contributed by atoms with Crippen molar-refractivity contribution in [2.75, 3.05) is 0 Å². The van der Waals surface area contributed by atoms with Gasteiger partial charge in [0.05, 0.1) is 0 Å². The minimum atomic E-state index is 0.677. The number of thioether (sulfide) groups is 1. The Hall–Kier alpha value is -2.00. The van der Waals surface area contributed by atoms with E-state index in [-0.39, 0.29) is 0 Å². The quantitative estimate of drug-likeness (QED) is 0.644. The average Bonchev–Trinajstić information content (AvgIpc) is 2.96. The Morgan fingerprint density at radius 1 is 0.895 bits per heavy atom. The maximum atomic E-state index is 5.51. The van der Waals surface area contributed by atoms with Crippen molar-refractivity contribution >= 4 is 11.8 Å². The van der Waals surface area contributed by atoms with E-state index in [2.05, 4.69) is 17.1 Å². The lowest BCUT2D eigenvalue weighted by atomic mass is 10.2. The smallest absolute Gasteiger partial charge is 0.227 e. The van der Waals surface area contributed by atoms with Crippen LogP contribution in [0.3, 0.4) is 0 Å². The van der Waals surface area contributed by atoms with Gasteiger partial charge in [0, 0.05) is 11.3 Å². The molecule has 0 saturated carbocycles. The molecule has 0 unspecified atom stereocenters. The van der Waals surface area contributed by atoms with Crippen LogP contribution >= 0.6 is 11.8 Å². The topological polar surface area (TPSA) is 26.0 Å². The van der Waals surface area contributed by atoms with Crippen molar-refractivity contribution in [1.29, 1.82) is 0 Å². The van der Waals surface area contributed by atoms with Gasteiger partial charge in [-0.25, -0.2) is 4.98 Å². The van der Waals surface area contributed by atoms with Gasteiger partial charge in [-0.2, -0.15) is 0 Å². The molecule has 0 aliphatic rings. The van der Waals surface area contributed by atoms with Crippen molar-refractivity contribution < 1.29 is 4.42 Å². The lowest BCUT2D eigenvalue weighted by Crippen LogP contribution is -1.80. The highest BCUT2D eigenvalue weighted by atomic mass is 32.2. The van der Waals surface area contributed by atoms with Gasteiger partial charge in [0.1, 0.15) is 11.3 Å². The Labute approximate surface area is 116 Å². The predicted molar refractivity (Wildman–Crippen MR) is 77.9 cm³/mol. The summed E-state index contributed by atoms with van der Waals surface area (Å²) in [5.41, 5.74) is 2.30. The van der Waals surface area contributed by atoms with Crippen LogP contribution in [0.1, 0.15) is 5.56 Å². The zero-order chi connectivity index (χ0) is 12.9. The van der Waals surface area contributed by atoms with Crippen LogP contribution in [0.15, 0.2) is 76.4 Å². The molecule has 2 aromatic carbocycles. The van der Waals surface area contributed by atoms with Crippen molar-refractivity contribution in [3.05, 3.63) is 72.5 Å². The number of benzene rings is 2. The number of rotatable bonds is 4. The van der Waals surface area contributed by atoms with Crippen LogP contribution in [-0.4, -0.2) is 4.98 Å².